The van der Waals surface area contributed by atoms with Crippen molar-refractivity contribution in [1.82, 2.24) is 14.5 Å². The molecular weight excluding hydrogens is 426 g/mol. The molecule has 2 heterocycles. The highest BCUT2D eigenvalue weighted by Gasteiger charge is 2.29. The van der Waals surface area contributed by atoms with E-state index in [0.717, 1.165) is 50.0 Å². The van der Waals surface area contributed by atoms with E-state index in [1.807, 2.05) is 42.5 Å². The summed E-state index contributed by atoms with van der Waals surface area (Å²) in [6.45, 7) is 2.65. The maximum atomic E-state index is 11.6. The second-order valence-electron chi connectivity index (χ2n) is 9.44. The molecule has 0 saturated carbocycles. The lowest BCUT2D eigenvalue weighted by Gasteiger charge is -2.32. The van der Waals surface area contributed by atoms with E-state index in [1.54, 1.807) is 26.8 Å². The number of fused-ring (bicyclic) bond motifs is 1. The zero-order valence-electron chi connectivity index (χ0n) is 24.3. The van der Waals surface area contributed by atoms with Crippen LogP contribution in [0.5, 0.6) is 0 Å². The molecule has 2 aromatic carbocycles. The minimum atomic E-state index is -2.52. The molecule has 0 spiro atoms. The molecule has 34 heavy (non-hydrogen) atoms. The Kier molecular flexibility index (Phi) is 6.17. The lowest BCUT2D eigenvalue weighted by molar-refractivity contribution is -0.142. The zero-order chi connectivity index (χ0) is 27.7. The molecule has 182 valence electrons. The second-order valence-corrected chi connectivity index (χ2v) is 9.44. The van der Waals surface area contributed by atoms with Crippen molar-refractivity contribution >= 4 is 17.0 Å². The summed E-state index contributed by atoms with van der Waals surface area (Å²) in [6, 6.07) is 15.1. The summed E-state index contributed by atoms with van der Waals surface area (Å²) in [4.78, 5) is 18.8. The highest BCUT2D eigenvalue weighted by Crippen LogP contribution is 2.30. The van der Waals surface area contributed by atoms with Crippen LogP contribution in [0.2, 0.25) is 0 Å². The molecule has 1 saturated heterocycles. The number of carbonyl (C=O) groups is 1. The van der Waals surface area contributed by atoms with Crippen molar-refractivity contribution in [2.45, 2.75) is 57.9 Å². The van der Waals surface area contributed by atoms with Gasteiger partial charge >= 0.3 is 5.97 Å². The van der Waals surface area contributed by atoms with Crippen LogP contribution in [0, 0.1) is 0 Å². The van der Waals surface area contributed by atoms with Gasteiger partial charge in [0.2, 0.25) is 0 Å². The summed E-state index contributed by atoms with van der Waals surface area (Å²) >= 11 is 0. The fraction of sp³-hybridized carbons (Fsp3) is 0.500. The number of rotatable bonds is 10. The number of hydrogen-bond donors (Lipinski definition) is 1. The van der Waals surface area contributed by atoms with Crippen LogP contribution < -0.4 is 0 Å². The Labute approximate surface area is 208 Å². The second kappa shape index (κ2) is 10.7. The number of hydrogen-bond acceptors (Lipinski definition) is 4. The molecule has 0 radical (unpaired) electrons. The Bertz CT molecular complexity index is 1280. The van der Waals surface area contributed by atoms with Crippen LogP contribution in [0.15, 0.2) is 48.5 Å². The van der Waals surface area contributed by atoms with Crippen molar-refractivity contribution in [3.63, 3.8) is 0 Å². The van der Waals surface area contributed by atoms with E-state index in [9.17, 15) is 9.90 Å². The van der Waals surface area contributed by atoms with E-state index in [1.165, 1.54) is 4.57 Å². The van der Waals surface area contributed by atoms with E-state index >= 15 is 0 Å². The Balaban J connectivity index is 1.48. The number of para-hydroxylation sites is 2. The van der Waals surface area contributed by atoms with Gasteiger partial charge < -0.3 is 19.3 Å². The first-order chi connectivity index (χ1) is 17.9. The number of benzene rings is 2. The number of carboxylic acids is 1. The average Bonchev–Trinajstić information content (AvgIpc) is 3.28. The lowest BCUT2D eigenvalue weighted by atomic mass is 9.84. The quantitative estimate of drug-likeness (QED) is 0.461. The van der Waals surface area contributed by atoms with Crippen molar-refractivity contribution < 1.29 is 20.1 Å². The summed E-state index contributed by atoms with van der Waals surface area (Å²) in [5, 5.41) is 9.56. The summed E-state index contributed by atoms with van der Waals surface area (Å²) in [7, 11) is 0. The first-order valence-corrected chi connectivity index (χ1v) is 12.1. The predicted octanol–water partition coefficient (Wildman–Crippen LogP) is 4.86. The first kappa shape index (κ1) is 19.6. The third-order valence-corrected chi connectivity index (χ3v) is 6.81. The summed E-state index contributed by atoms with van der Waals surface area (Å²) in [6.07, 6.45) is 2.37. The van der Waals surface area contributed by atoms with Crippen LogP contribution in [0.3, 0.4) is 0 Å². The third kappa shape index (κ3) is 5.34. The molecule has 0 atom stereocenters. The Hall–Kier alpha value is -2.70. The van der Waals surface area contributed by atoms with Gasteiger partial charge in [0.1, 0.15) is 5.82 Å². The molecular formula is C28H37N3O3. The molecule has 1 aliphatic heterocycles. The number of aromatic nitrogens is 2. The fourth-order valence-electron chi connectivity index (χ4n) is 4.53. The van der Waals surface area contributed by atoms with Crippen LogP contribution in [0.25, 0.3) is 11.0 Å². The molecule has 1 aromatic heterocycles. The van der Waals surface area contributed by atoms with Crippen molar-refractivity contribution in [2.75, 3.05) is 32.8 Å². The molecule has 1 aliphatic rings. The van der Waals surface area contributed by atoms with Gasteiger partial charge in [0.25, 0.3) is 0 Å². The van der Waals surface area contributed by atoms with Gasteiger partial charge in [0, 0.05) is 25.6 Å². The average molecular weight is 468 g/mol. The monoisotopic (exact) mass is 467 g/mol. The molecule has 6 heteroatoms. The van der Waals surface area contributed by atoms with Crippen molar-refractivity contribution in [3.05, 3.63) is 65.5 Å². The van der Waals surface area contributed by atoms with E-state index in [2.05, 4.69) is 4.90 Å². The number of carboxylic acid groups (broad SMARTS) is 1. The van der Waals surface area contributed by atoms with E-state index in [-0.39, 0.29) is 12.5 Å². The number of nitrogens with zero attached hydrogens (tertiary/aromatic N) is 3. The van der Waals surface area contributed by atoms with Gasteiger partial charge in [-0.25, -0.2) is 4.98 Å². The highest BCUT2D eigenvalue weighted by molar-refractivity contribution is 5.80. The van der Waals surface area contributed by atoms with Gasteiger partial charge in [-0.3, -0.25) is 4.79 Å². The number of ether oxygens (including phenoxy) is 1. The van der Waals surface area contributed by atoms with Gasteiger partial charge in [0.15, 0.2) is 0 Å². The lowest BCUT2D eigenvalue weighted by Crippen LogP contribution is -2.35. The highest BCUT2D eigenvalue weighted by atomic mass is 16.5. The molecule has 6 nitrogen and oxygen atoms in total. The molecule has 0 aliphatic carbocycles. The smallest absolute Gasteiger partial charge is 0.313 e. The Morgan fingerprint density at radius 3 is 2.71 bits per heavy atom. The van der Waals surface area contributed by atoms with Gasteiger partial charge in [-0.2, -0.15) is 0 Å². The zero-order valence-corrected chi connectivity index (χ0v) is 20.3. The van der Waals surface area contributed by atoms with Gasteiger partial charge in [-0.15, -0.1) is 0 Å². The SMILES string of the molecule is [2H]C([2H])(OCC)C([2H])([2H])n1c(C2CCN(CCc3cccc(C(C)(C)C(=O)O)c3)CC2)nc2ccccc21. The third-order valence-electron chi connectivity index (χ3n) is 6.81. The minimum Gasteiger partial charge on any atom is -0.481 e. The van der Waals surface area contributed by atoms with Gasteiger partial charge in [-0.1, -0.05) is 36.4 Å². The van der Waals surface area contributed by atoms with Crippen LogP contribution in [-0.4, -0.2) is 58.3 Å². The molecule has 4 rings (SSSR count). The Morgan fingerprint density at radius 2 is 1.97 bits per heavy atom. The molecule has 0 amide bonds. The van der Waals surface area contributed by atoms with Gasteiger partial charge in [-0.05, 0) is 76.4 Å². The molecule has 3 aromatic rings. The van der Waals surface area contributed by atoms with Crippen molar-refractivity contribution in [2.24, 2.45) is 0 Å². The summed E-state index contributed by atoms with van der Waals surface area (Å²) in [5.74, 6) is -0.296. The molecule has 0 unspecified atom stereocenters. The van der Waals surface area contributed by atoms with E-state index in [4.69, 9.17) is 15.2 Å². The van der Waals surface area contributed by atoms with Crippen LogP contribution >= 0.6 is 0 Å². The van der Waals surface area contributed by atoms with Crippen molar-refractivity contribution in [1.29, 1.82) is 0 Å². The van der Waals surface area contributed by atoms with E-state index < -0.39 is 24.4 Å². The number of likely N-dealkylation sites (tertiary alicyclic amines) is 1. The maximum absolute atomic E-state index is 11.6. The van der Waals surface area contributed by atoms with Crippen LogP contribution in [0.1, 0.15) is 62.0 Å². The molecule has 0 bridgehead atoms. The predicted molar refractivity (Wildman–Crippen MR) is 135 cm³/mol. The van der Waals surface area contributed by atoms with Crippen LogP contribution in [-0.2, 0) is 27.9 Å². The maximum Gasteiger partial charge on any atom is 0.313 e. The topological polar surface area (TPSA) is 67.6 Å². The van der Waals surface area contributed by atoms with Gasteiger partial charge in [0.05, 0.1) is 28.5 Å². The molecule has 1 N–H and O–H groups in total. The normalized spacial score (nSPS) is 18.3. The number of imidazole rings is 1. The van der Waals surface area contributed by atoms with Crippen molar-refractivity contribution in [3.8, 4) is 0 Å². The Morgan fingerprint density at radius 1 is 1.21 bits per heavy atom. The van der Waals surface area contributed by atoms with Crippen LogP contribution in [0.4, 0.5) is 0 Å². The first-order valence-electron chi connectivity index (χ1n) is 14.1. The number of aliphatic carboxylic acids is 1. The molecule has 1 fully saturated rings. The van der Waals surface area contributed by atoms with E-state index in [0.29, 0.717) is 16.9 Å². The fourth-order valence-corrected chi connectivity index (χ4v) is 4.53. The minimum absolute atomic E-state index is 0.00848. The number of aryl methyl sites for hydroxylation is 1. The number of piperidine rings is 1. The standard InChI is InChI=1S/C28H37N3O3/c1-4-34-19-18-31-25-11-6-5-10-24(25)29-26(31)22-13-16-30(17-14-22)15-12-21-8-7-9-23(20-21)28(2,3)27(32)33/h5-11,20,22H,4,12-19H2,1-3H3,(H,32,33)/i18D2,19D2. The largest absolute Gasteiger partial charge is 0.481 e. The summed E-state index contributed by atoms with van der Waals surface area (Å²) in [5.41, 5.74) is 2.16. The summed E-state index contributed by atoms with van der Waals surface area (Å²) < 4.78 is 40.8.